The summed E-state index contributed by atoms with van der Waals surface area (Å²) in [5.41, 5.74) is -1.27. The molecule has 168 valence electrons. The molecule has 2 heterocycles. The molecule has 3 aromatic rings. The van der Waals surface area contributed by atoms with E-state index < -0.39 is 33.4 Å². The Hall–Kier alpha value is -3.21. The predicted molar refractivity (Wildman–Crippen MR) is 112 cm³/mol. The number of hydrogen-bond acceptors (Lipinski definition) is 5. The zero-order valence-electron chi connectivity index (χ0n) is 16.8. The predicted octanol–water partition coefficient (Wildman–Crippen LogP) is 4.08. The number of benzene rings is 2. The molecule has 7 nitrogen and oxygen atoms in total. The lowest BCUT2D eigenvalue weighted by molar-refractivity contribution is -0.137. The van der Waals surface area contributed by atoms with Crippen molar-refractivity contribution in [2.75, 3.05) is 17.8 Å². The van der Waals surface area contributed by atoms with E-state index in [0.29, 0.717) is 24.7 Å². The van der Waals surface area contributed by atoms with Crippen LogP contribution in [0.1, 0.15) is 35.2 Å². The molecule has 2 aromatic carbocycles. The number of alkyl halides is 3. The fourth-order valence-electron chi connectivity index (χ4n) is 3.64. The highest BCUT2D eigenvalue weighted by molar-refractivity contribution is 7.93. The largest absolute Gasteiger partial charge is 0.416 e. The van der Waals surface area contributed by atoms with Gasteiger partial charge in [-0.05, 0) is 49.6 Å². The Morgan fingerprint density at radius 1 is 1.00 bits per heavy atom. The number of piperidine rings is 1. The summed E-state index contributed by atoms with van der Waals surface area (Å²) in [6, 6.07) is 6.73. The van der Waals surface area contributed by atoms with E-state index in [0.717, 1.165) is 31.4 Å². The van der Waals surface area contributed by atoms with Gasteiger partial charge >= 0.3 is 6.18 Å². The first-order chi connectivity index (χ1) is 15.2. The van der Waals surface area contributed by atoms with E-state index in [1.165, 1.54) is 29.4 Å². The molecule has 1 saturated heterocycles. The van der Waals surface area contributed by atoms with Crippen LogP contribution in [0.5, 0.6) is 0 Å². The van der Waals surface area contributed by atoms with E-state index in [9.17, 15) is 26.4 Å². The molecule has 1 aliphatic heterocycles. The van der Waals surface area contributed by atoms with Gasteiger partial charge in [-0.3, -0.25) is 19.5 Å². The Bertz CT molecular complexity index is 1270. The molecule has 0 atom stereocenters. The Kier molecular flexibility index (Phi) is 5.76. The van der Waals surface area contributed by atoms with Gasteiger partial charge in [-0.1, -0.05) is 6.07 Å². The number of carbonyl (C=O) groups excluding carboxylic acids is 1. The van der Waals surface area contributed by atoms with E-state index >= 15 is 0 Å². The van der Waals surface area contributed by atoms with Crippen LogP contribution in [0, 0.1) is 0 Å². The molecule has 4 rings (SSSR count). The summed E-state index contributed by atoms with van der Waals surface area (Å²) in [6.07, 6.45) is 0.520. The maximum Gasteiger partial charge on any atom is 0.416 e. The standard InChI is InChI=1S/C21H19F3N4O3S/c22-21(23,24)14-7-8-15(20(29)28-11-2-1-3-12-28)17(13-14)27-32(30,31)18-6-4-5-16-19(18)26-10-9-25-16/h4-10,13,27H,1-3,11-12H2. The number of amides is 1. The molecule has 1 amide bonds. The van der Waals surface area contributed by atoms with E-state index in [4.69, 9.17) is 0 Å². The number of rotatable bonds is 4. The molecule has 32 heavy (non-hydrogen) atoms. The summed E-state index contributed by atoms with van der Waals surface area (Å²) in [6.45, 7) is 0.927. The van der Waals surface area contributed by atoms with Crippen LogP contribution >= 0.6 is 0 Å². The van der Waals surface area contributed by atoms with Gasteiger partial charge in [-0.2, -0.15) is 13.2 Å². The van der Waals surface area contributed by atoms with E-state index in [1.807, 2.05) is 0 Å². The van der Waals surface area contributed by atoms with Crippen molar-refractivity contribution < 1.29 is 26.4 Å². The maximum atomic E-state index is 13.3. The third-order valence-corrected chi connectivity index (χ3v) is 6.61. The number of likely N-dealkylation sites (tertiary alicyclic amines) is 1. The minimum absolute atomic E-state index is 0.0679. The fraction of sp³-hybridized carbons (Fsp3) is 0.286. The number of anilines is 1. The Labute approximate surface area is 182 Å². The van der Waals surface area contributed by atoms with Gasteiger partial charge in [0.15, 0.2) is 0 Å². The lowest BCUT2D eigenvalue weighted by atomic mass is 10.1. The molecule has 0 saturated carbocycles. The SMILES string of the molecule is O=C(c1ccc(C(F)(F)F)cc1NS(=O)(=O)c1cccc2nccnc12)N1CCCCC1. The maximum absolute atomic E-state index is 13.3. The molecule has 1 aliphatic rings. The smallest absolute Gasteiger partial charge is 0.339 e. The summed E-state index contributed by atoms with van der Waals surface area (Å²) in [5, 5.41) is 0. The summed E-state index contributed by atoms with van der Waals surface area (Å²) in [5.74, 6) is -0.520. The monoisotopic (exact) mass is 464 g/mol. The first kappa shape index (κ1) is 22.0. The molecular formula is C21H19F3N4O3S. The zero-order valence-corrected chi connectivity index (χ0v) is 17.6. The van der Waals surface area contributed by atoms with Crippen LogP contribution in [-0.2, 0) is 16.2 Å². The topological polar surface area (TPSA) is 92.3 Å². The average molecular weight is 464 g/mol. The van der Waals surface area contributed by atoms with Crippen LogP contribution in [0.25, 0.3) is 11.0 Å². The Morgan fingerprint density at radius 3 is 2.44 bits per heavy atom. The summed E-state index contributed by atoms with van der Waals surface area (Å²) >= 11 is 0. The lowest BCUT2D eigenvalue weighted by Gasteiger charge is -2.27. The number of aromatic nitrogens is 2. The van der Waals surface area contributed by atoms with Crippen LogP contribution < -0.4 is 4.72 Å². The number of carbonyl (C=O) groups is 1. The summed E-state index contributed by atoms with van der Waals surface area (Å²) < 4.78 is 68.5. The average Bonchev–Trinajstić information content (AvgIpc) is 2.78. The van der Waals surface area contributed by atoms with Crippen molar-refractivity contribution in [2.45, 2.75) is 30.3 Å². The second-order valence-electron chi connectivity index (χ2n) is 7.40. The van der Waals surface area contributed by atoms with Crippen LogP contribution in [0.3, 0.4) is 0 Å². The number of nitrogens with one attached hydrogen (secondary N) is 1. The highest BCUT2D eigenvalue weighted by Crippen LogP contribution is 2.34. The van der Waals surface area contributed by atoms with Crippen LogP contribution in [0.2, 0.25) is 0 Å². The Morgan fingerprint density at radius 2 is 1.72 bits per heavy atom. The third-order valence-electron chi connectivity index (χ3n) is 5.22. The zero-order chi connectivity index (χ0) is 22.9. The molecule has 0 spiro atoms. The second-order valence-corrected chi connectivity index (χ2v) is 9.05. The van der Waals surface area contributed by atoms with Crippen molar-refractivity contribution >= 4 is 32.7 Å². The number of sulfonamides is 1. The molecule has 1 aromatic heterocycles. The quantitative estimate of drug-likeness (QED) is 0.628. The molecular weight excluding hydrogens is 445 g/mol. The van der Waals surface area contributed by atoms with Gasteiger partial charge in [0, 0.05) is 25.5 Å². The molecule has 1 fully saturated rings. The van der Waals surface area contributed by atoms with Crippen molar-refractivity contribution in [2.24, 2.45) is 0 Å². The van der Waals surface area contributed by atoms with Gasteiger partial charge in [0.2, 0.25) is 0 Å². The molecule has 11 heteroatoms. The van der Waals surface area contributed by atoms with Gasteiger partial charge in [-0.15, -0.1) is 0 Å². The van der Waals surface area contributed by atoms with Crippen molar-refractivity contribution in [3.05, 3.63) is 59.9 Å². The highest BCUT2D eigenvalue weighted by Gasteiger charge is 2.33. The van der Waals surface area contributed by atoms with Gasteiger partial charge in [0.25, 0.3) is 15.9 Å². The van der Waals surface area contributed by atoms with Gasteiger partial charge in [-0.25, -0.2) is 8.42 Å². The lowest BCUT2D eigenvalue weighted by Crippen LogP contribution is -2.36. The van der Waals surface area contributed by atoms with Gasteiger partial charge in [0.1, 0.15) is 10.4 Å². The normalized spacial score (nSPS) is 15.0. The number of nitrogens with zero attached hydrogens (tertiary/aromatic N) is 3. The minimum Gasteiger partial charge on any atom is -0.339 e. The molecule has 0 radical (unpaired) electrons. The van der Waals surface area contributed by atoms with E-state index in [-0.39, 0.29) is 16.0 Å². The van der Waals surface area contributed by atoms with Crippen molar-refractivity contribution in [3.8, 4) is 0 Å². The van der Waals surface area contributed by atoms with Gasteiger partial charge in [0.05, 0.1) is 22.3 Å². The number of fused-ring (bicyclic) bond motifs is 1. The third kappa shape index (κ3) is 4.38. The first-order valence-corrected chi connectivity index (χ1v) is 11.4. The van der Waals surface area contributed by atoms with E-state index in [1.54, 1.807) is 6.07 Å². The van der Waals surface area contributed by atoms with Crippen LogP contribution in [-0.4, -0.2) is 42.3 Å². The molecule has 1 N–H and O–H groups in total. The second kappa shape index (κ2) is 8.38. The molecule has 0 aliphatic carbocycles. The highest BCUT2D eigenvalue weighted by atomic mass is 32.2. The van der Waals surface area contributed by atoms with Crippen molar-refractivity contribution in [3.63, 3.8) is 0 Å². The molecule has 0 unspecified atom stereocenters. The fourth-order valence-corrected chi connectivity index (χ4v) is 4.88. The summed E-state index contributed by atoms with van der Waals surface area (Å²) in [4.78, 5) is 22.4. The number of para-hydroxylation sites is 1. The molecule has 0 bridgehead atoms. The van der Waals surface area contributed by atoms with Crippen LogP contribution in [0.15, 0.2) is 53.7 Å². The van der Waals surface area contributed by atoms with E-state index in [2.05, 4.69) is 14.7 Å². The van der Waals surface area contributed by atoms with Crippen LogP contribution in [0.4, 0.5) is 18.9 Å². The number of halogens is 3. The first-order valence-electron chi connectivity index (χ1n) is 9.90. The Balaban J connectivity index is 1.79. The number of hydrogen-bond donors (Lipinski definition) is 1. The van der Waals surface area contributed by atoms with Crippen molar-refractivity contribution in [1.82, 2.24) is 14.9 Å². The minimum atomic E-state index is -4.71. The summed E-state index contributed by atoms with van der Waals surface area (Å²) in [7, 11) is -4.38. The van der Waals surface area contributed by atoms with Gasteiger partial charge < -0.3 is 4.90 Å². The van der Waals surface area contributed by atoms with Crippen molar-refractivity contribution in [1.29, 1.82) is 0 Å².